The van der Waals surface area contributed by atoms with Crippen LogP contribution < -0.4 is 0 Å². The second kappa shape index (κ2) is 4.79. The lowest BCUT2D eigenvalue weighted by atomic mass is 9.75. The van der Waals surface area contributed by atoms with Crippen molar-refractivity contribution in [2.45, 2.75) is 51.0 Å². The van der Waals surface area contributed by atoms with E-state index >= 15 is 0 Å². The van der Waals surface area contributed by atoms with E-state index in [2.05, 4.69) is 17.9 Å². The van der Waals surface area contributed by atoms with Crippen molar-refractivity contribution in [3.8, 4) is 6.07 Å². The summed E-state index contributed by atoms with van der Waals surface area (Å²) in [7, 11) is 4.06. The third-order valence-electron chi connectivity index (χ3n) is 3.69. The van der Waals surface area contributed by atoms with Crippen molar-refractivity contribution in [2.75, 3.05) is 14.1 Å². The largest absolute Gasteiger partial charge is 0.292 e. The normalized spacial score (nSPS) is 32.9. The topological polar surface area (TPSA) is 27.0 Å². The molecule has 0 saturated heterocycles. The SMILES string of the molecule is CCCC1CCC(C#N)(N(C)C)CC1. The lowest BCUT2D eigenvalue weighted by Crippen LogP contribution is -2.45. The summed E-state index contributed by atoms with van der Waals surface area (Å²) in [5.74, 6) is 0.876. The van der Waals surface area contributed by atoms with Gasteiger partial charge in [-0.15, -0.1) is 0 Å². The van der Waals surface area contributed by atoms with Crippen LogP contribution in [0.3, 0.4) is 0 Å². The van der Waals surface area contributed by atoms with Gasteiger partial charge >= 0.3 is 0 Å². The quantitative estimate of drug-likeness (QED) is 0.690. The molecular weight excluding hydrogens is 172 g/mol. The summed E-state index contributed by atoms with van der Waals surface area (Å²) in [5.41, 5.74) is -0.162. The molecule has 2 heteroatoms. The Morgan fingerprint density at radius 1 is 1.36 bits per heavy atom. The fraction of sp³-hybridized carbons (Fsp3) is 0.917. The van der Waals surface area contributed by atoms with Gasteiger partial charge in [0.05, 0.1) is 6.07 Å². The van der Waals surface area contributed by atoms with Crippen LogP contribution in [0.15, 0.2) is 0 Å². The van der Waals surface area contributed by atoms with Gasteiger partial charge in [0.1, 0.15) is 5.54 Å². The minimum atomic E-state index is -0.162. The highest BCUT2D eigenvalue weighted by molar-refractivity contribution is 5.09. The molecule has 0 aromatic heterocycles. The lowest BCUT2D eigenvalue weighted by molar-refractivity contribution is 0.128. The fourth-order valence-electron chi connectivity index (χ4n) is 2.51. The monoisotopic (exact) mass is 194 g/mol. The first-order valence-corrected chi connectivity index (χ1v) is 5.73. The minimum Gasteiger partial charge on any atom is -0.292 e. The van der Waals surface area contributed by atoms with E-state index in [0.717, 1.165) is 18.8 Å². The molecule has 1 aliphatic carbocycles. The van der Waals surface area contributed by atoms with Crippen molar-refractivity contribution in [1.29, 1.82) is 5.26 Å². The predicted octanol–water partition coefficient (Wildman–Crippen LogP) is 2.80. The number of hydrogen-bond donors (Lipinski definition) is 0. The molecule has 0 heterocycles. The molecule has 0 atom stereocenters. The Balaban J connectivity index is 2.52. The third-order valence-corrected chi connectivity index (χ3v) is 3.69. The zero-order valence-electron chi connectivity index (χ0n) is 9.71. The average Bonchev–Trinajstić information content (AvgIpc) is 2.19. The summed E-state index contributed by atoms with van der Waals surface area (Å²) in [5, 5.41) is 9.24. The van der Waals surface area contributed by atoms with Gasteiger partial charge in [-0.3, -0.25) is 4.90 Å². The maximum absolute atomic E-state index is 9.24. The molecule has 0 N–H and O–H groups in total. The van der Waals surface area contributed by atoms with Gasteiger partial charge in [-0.05, 0) is 45.7 Å². The molecule has 0 radical (unpaired) electrons. The summed E-state index contributed by atoms with van der Waals surface area (Å²) in [6, 6.07) is 2.51. The van der Waals surface area contributed by atoms with E-state index in [4.69, 9.17) is 0 Å². The van der Waals surface area contributed by atoms with Crippen LogP contribution in [0.1, 0.15) is 45.4 Å². The number of rotatable bonds is 3. The smallest absolute Gasteiger partial charge is 0.108 e. The molecule has 0 bridgehead atoms. The molecule has 1 rings (SSSR count). The van der Waals surface area contributed by atoms with Crippen molar-refractivity contribution in [2.24, 2.45) is 5.92 Å². The first-order chi connectivity index (χ1) is 6.64. The third kappa shape index (κ3) is 2.27. The van der Waals surface area contributed by atoms with Crippen molar-refractivity contribution in [3.63, 3.8) is 0 Å². The fourth-order valence-corrected chi connectivity index (χ4v) is 2.51. The average molecular weight is 194 g/mol. The van der Waals surface area contributed by atoms with Gasteiger partial charge in [-0.25, -0.2) is 0 Å². The highest BCUT2D eigenvalue weighted by Crippen LogP contribution is 2.36. The lowest BCUT2D eigenvalue weighted by Gasteiger charge is -2.39. The van der Waals surface area contributed by atoms with Gasteiger partial charge in [0, 0.05) is 0 Å². The van der Waals surface area contributed by atoms with Crippen molar-refractivity contribution >= 4 is 0 Å². The highest BCUT2D eigenvalue weighted by Gasteiger charge is 2.36. The summed E-state index contributed by atoms with van der Waals surface area (Å²) < 4.78 is 0. The Bertz CT molecular complexity index is 207. The maximum Gasteiger partial charge on any atom is 0.108 e. The number of hydrogen-bond acceptors (Lipinski definition) is 2. The molecule has 1 fully saturated rings. The molecule has 0 aromatic rings. The van der Waals surface area contributed by atoms with E-state index in [9.17, 15) is 5.26 Å². The Morgan fingerprint density at radius 3 is 2.29 bits per heavy atom. The molecule has 2 nitrogen and oxygen atoms in total. The second-order valence-corrected chi connectivity index (χ2v) is 4.77. The van der Waals surface area contributed by atoms with E-state index in [1.807, 2.05) is 14.1 Å². The van der Waals surface area contributed by atoms with Crippen LogP contribution in [-0.2, 0) is 0 Å². The van der Waals surface area contributed by atoms with E-state index in [1.165, 1.54) is 25.7 Å². The predicted molar refractivity (Wildman–Crippen MR) is 58.9 cm³/mol. The van der Waals surface area contributed by atoms with Crippen LogP contribution in [0, 0.1) is 17.2 Å². The standard InChI is InChI=1S/C12H22N2/c1-4-5-11-6-8-12(10-13,9-7-11)14(2)3/h11H,4-9H2,1-3H3. The second-order valence-electron chi connectivity index (χ2n) is 4.77. The summed E-state index contributed by atoms with van der Waals surface area (Å²) in [4.78, 5) is 2.11. The van der Waals surface area contributed by atoms with Crippen LogP contribution >= 0.6 is 0 Å². The van der Waals surface area contributed by atoms with Crippen LogP contribution in [0.25, 0.3) is 0 Å². The Morgan fingerprint density at radius 2 is 1.93 bits per heavy atom. The molecule has 0 amide bonds. The molecule has 1 saturated carbocycles. The number of nitrogens with zero attached hydrogens (tertiary/aromatic N) is 2. The zero-order chi connectivity index (χ0) is 10.6. The van der Waals surface area contributed by atoms with E-state index in [0.29, 0.717) is 0 Å². The van der Waals surface area contributed by atoms with E-state index in [-0.39, 0.29) is 5.54 Å². The molecule has 0 spiro atoms. The minimum absolute atomic E-state index is 0.162. The van der Waals surface area contributed by atoms with Gasteiger partial charge in [0.15, 0.2) is 0 Å². The summed E-state index contributed by atoms with van der Waals surface area (Å²) in [6.45, 7) is 2.25. The first kappa shape index (κ1) is 11.5. The van der Waals surface area contributed by atoms with Gasteiger partial charge in [-0.2, -0.15) is 5.26 Å². The Labute approximate surface area is 87.9 Å². The van der Waals surface area contributed by atoms with Gasteiger partial charge in [0.2, 0.25) is 0 Å². The molecule has 14 heavy (non-hydrogen) atoms. The van der Waals surface area contributed by atoms with Crippen molar-refractivity contribution in [1.82, 2.24) is 4.90 Å². The van der Waals surface area contributed by atoms with Crippen molar-refractivity contribution < 1.29 is 0 Å². The van der Waals surface area contributed by atoms with Crippen molar-refractivity contribution in [3.05, 3.63) is 0 Å². The number of nitriles is 1. The van der Waals surface area contributed by atoms with Crippen LogP contribution in [0.2, 0.25) is 0 Å². The summed E-state index contributed by atoms with van der Waals surface area (Å²) >= 11 is 0. The van der Waals surface area contributed by atoms with Crippen LogP contribution in [-0.4, -0.2) is 24.5 Å². The first-order valence-electron chi connectivity index (χ1n) is 5.73. The molecule has 0 aliphatic heterocycles. The molecule has 0 unspecified atom stereocenters. The van der Waals surface area contributed by atoms with Gasteiger partial charge in [0.25, 0.3) is 0 Å². The Kier molecular flexibility index (Phi) is 3.95. The van der Waals surface area contributed by atoms with Gasteiger partial charge < -0.3 is 0 Å². The van der Waals surface area contributed by atoms with Gasteiger partial charge in [-0.1, -0.05) is 19.8 Å². The summed E-state index contributed by atoms with van der Waals surface area (Å²) in [6.07, 6.45) is 7.21. The Hall–Kier alpha value is -0.550. The molecule has 1 aliphatic rings. The maximum atomic E-state index is 9.24. The zero-order valence-corrected chi connectivity index (χ0v) is 9.71. The molecule has 80 valence electrons. The van der Waals surface area contributed by atoms with Crippen LogP contribution in [0.5, 0.6) is 0 Å². The van der Waals surface area contributed by atoms with Crippen LogP contribution in [0.4, 0.5) is 0 Å². The van der Waals surface area contributed by atoms with E-state index < -0.39 is 0 Å². The molecule has 0 aromatic carbocycles. The van der Waals surface area contributed by atoms with E-state index in [1.54, 1.807) is 0 Å². The molecular formula is C12H22N2. The highest BCUT2D eigenvalue weighted by atomic mass is 15.1.